The molecular formula is C13H17O3S-. The second-order valence-corrected chi connectivity index (χ2v) is 5.10. The van der Waals surface area contributed by atoms with Crippen LogP contribution in [-0.4, -0.2) is 15.9 Å². The molecule has 4 heteroatoms. The maximum atomic E-state index is 10.7. The molecule has 0 fully saturated rings. The molecule has 0 saturated heterocycles. The first-order chi connectivity index (χ1) is 8.04. The summed E-state index contributed by atoms with van der Waals surface area (Å²) in [5.41, 5.74) is 0.891. The van der Waals surface area contributed by atoms with E-state index in [4.69, 9.17) is 4.74 Å². The third-order valence-electron chi connectivity index (χ3n) is 2.33. The SMILES string of the molecule is CO/C(=C\CC(C)C)c1ccc(S(=O)[O-])cc1. The van der Waals surface area contributed by atoms with Crippen LogP contribution in [0.5, 0.6) is 0 Å². The number of rotatable bonds is 5. The summed E-state index contributed by atoms with van der Waals surface area (Å²) in [5.74, 6) is 1.34. The summed E-state index contributed by atoms with van der Waals surface area (Å²) in [6.07, 6.45) is 2.95. The van der Waals surface area contributed by atoms with Crippen molar-refractivity contribution in [3.8, 4) is 0 Å². The molecule has 17 heavy (non-hydrogen) atoms. The second kappa shape index (κ2) is 6.57. The minimum Gasteiger partial charge on any atom is -0.768 e. The molecule has 0 saturated carbocycles. The number of methoxy groups -OCH3 is 1. The van der Waals surface area contributed by atoms with Gasteiger partial charge >= 0.3 is 0 Å². The first-order valence-electron chi connectivity index (χ1n) is 5.48. The third-order valence-corrected chi connectivity index (χ3v) is 2.98. The first kappa shape index (κ1) is 13.9. The Kier molecular flexibility index (Phi) is 5.38. The zero-order valence-electron chi connectivity index (χ0n) is 10.3. The third kappa shape index (κ3) is 4.32. The van der Waals surface area contributed by atoms with Crippen LogP contribution in [0, 0.1) is 5.92 Å². The summed E-state index contributed by atoms with van der Waals surface area (Å²) in [6.45, 7) is 4.26. The Morgan fingerprint density at radius 3 is 2.41 bits per heavy atom. The molecule has 0 amide bonds. The number of hydrogen-bond donors (Lipinski definition) is 0. The van der Waals surface area contributed by atoms with Gasteiger partial charge in [-0.15, -0.1) is 0 Å². The molecule has 1 aromatic rings. The predicted octanol–water partition coefficient (Wildman–Crippen LogP) is 2.96. The molecule has 0 aliphatic rings. The Hall–Kier alpha value is -1.13. The second-order valence-electron chi connectivity index (χ2n) is 4.16. The molecule has 94 valence electrons. The van der Waals surface area contributed by atoms with E-state index < -0.39 is 11.1 Å². The minimum atomic E-state index is -2.17. The van der Waals surface area contributed by atoms with Gasteiger partial charge in [-0.05, 0) is 41.6 Å². The summed E-state index contributed by atoms with van der Waals surface area (Å²) < 4.78 is 26.7. The van der Waals surface area contributed by atoms with Gasteiger partial charge in [0.25, 0.3) is 0 Å². The predicted molar refractivity (Wildman–Crippen MR) is 68.1 cm³/mol. The highest BCUT2D eigenvalue weighted by Gasteiger charge is 2.02. The Bertz CT molecular complexity index is 407. The van der Waals surface area contributed by atoms with E-state index in [1.807, 2.05) is 6.08 Å². The molecule has 1 unspecified atom stereocenters. The molecule has 1 rings (SSSR count). The Morgan fingerprint density at radius 1 is 1.41 bits per heavy atom. The molecule has 0 aromatic heterocycles. The first-order valence-corrected chi connectivity index (χ1v) is 6.56. The number of benzene rings is 1. The number of allylic oxidation sites excluding steroid dienone is 1. The summed E-state index contributed by atoms with van der Waals surface area (Å²) in [4.78, 5) is 0.285. The number of hydrogen-bond acceptors (Lipinski definition) is 3. The van der Waals surface area contributed by atoms with Gasteiger partial charge in [0.1, 0.15) is 5.76 Å². The van der Waals surface area contributed by atoms with Crippen molar-refractivity contribution in [2.75, 3.05) is 7.11 Å². The smallest absolute Gasteiger partial charge is 0.122 e. The topological polar surface area (TPSA) is 49.4 Å². The normalized spacial score (nSPS) is 13.8. The lowest BCUT2D eigenvalue weighted by molar-refractivity contribution is 0.367. The summed E-state index contributed by atoms with van der Waals surface area (Å²) >= 11 is -2.17. The highest BCUT2D eigenvalue weighted by Crippen LogP contribution is 2.18. The highest BCUT2D eigenvalue weighted by molar-refractivity contribution is 7.79. The lowest BCUT2D eigenvalue weighted by Crippen LogP contribution is -1.92. The molecule has 0 heterocycles. The fourth-order valence-electron chi connectivity index (χ4n) is 1.39. The van der Waals surface area contributed by atoms with E-state index in [0.717, 1.165) is 17.7 Å². The van der Waals surface area contributed by atoms with E-state index in [1.54, 1.807) is 31.4 Å². The van der Waals surface area contributed by atoms with Crippen molar-refractivity contribution in [1.29, 1.82) is 0 Å². The maximum absolute atomic E-state index is 10.7. The lowest BCUT2D eigenvalue weighted by atomic mass is 10.1. The van der Waals surface area contributed by atoms with Gasteiger partial charge in [-0.2, -0.15) is 0 Å². The molecule has 0 spiro atoms. The van der Waals surface area contributed by atoms with Crippen LogP contribution in [-0.2, 0) is 15.8 Å². The lowest BCUT2D eigenvalue weighted by Gasteiger charge is -2.09. The molecule has 0 aliphatic carbocycles. The van der Waals surface area contributed by atoms with Crippen LogP contribution in [0.3, 0.4) is 0 Å². The Labute approximate surface area is 105 Å². The largest absolute Gasteiger partial charge is 0.768 e. The van der Waals surface area contributed by atoms with Crippen molar-refractivity contribution in [3.63, 3.8) is 0 Å². The van der Waals surface area contributed by atoms with Crippen LogP contribution in [0.25, 0.3) is 5.76 Å². The summed E-state index contributed by atoms with van der Waals surface area (Å²) in [6, 6.07) is 6.64. The van der Waals surface area contributed by atoms with E-state index in [9.17, 15) is 8.76 Å². The van der Waals surface area contributed by atoms with Gasteiger partial charge in [-0.1, -0.05) is 26.0 Å². The molecule has 0 radical (unpaired) electrons. The van der Waals surface area contributed by atoms with Gasteiger partial charge in [0.05, 0.1) is 7.11 Å². The van der Waals surface area contributed by atoms with E-state index in [-0.39, 0.29) is 4.90 Å². The van der Waals surface area contributed by atoms with Crippen LogP contribution in [0.1, 0.15) is 25.8 Å². The van der Waals surface area contributed by atoms with E-state index in [2.05, 4.69) is 13.8 Å². The van der Waals surface area contributed by atoms with E-state index in [1.165, 1.54) is 0 Å². The highest BCUT2D eigenvalue weighted by atomic mass is 32.2. The fourth-order valence-corrected chi connectivity index (χ4v) is 1.75. The Morgan fingerprint density at radius 2 is 2.00 bits per heavy atom. The minimum absolute atomic E-state index is 0.285. The molecule has 1 aromatic carbocycles. The van der Waals surface area contributed by atoms with Crippen LogP contribution < -0.4 is 0 Å². The molecule has 1 atom stereocenters. The van der Waals surface area contributed by atoms with Gasteiger partial charge in [0.15, 0.2) is 0 Å². The molecule has 0 aliphatic heterocycles. The molecule has 3 nitrogen and oxygen atoms in total. The van der Waals surface area contributed by atoms with Gasteiger partial charge < -0.3 is 9.29 Å². The van der Waals surface area contributed by atoms with Gasteiger partial charge in [-0.3, -0.25) is 4.21 Å². The van der Waals surface area contributed by atoms with Crippen LogP contribution >= 0.6 is 0 Å². The maximum Gasteiger partial charge on any atom is 0.122 e. The van der Waals surface area contributed by atoms with Gasteiger partial charge in [-0.25, -0.2) is 0 Å². The number of ether oxygens (including phenoxy) is 1. The molecule has 0 bridgehead atoms. The van der Waals surface area contributed by atoms with Crippen LogP contribution in [0.4, 0.5) is 0 Å². The van der Waals surface area contributed by atoms with Crippen molar-refractivity contribution in [2.45, 2.75) is 25.2 Å². The van der Waals surface area contributed by atoms with Crippen molar-refractivity contribution in [2.24, 2.45) is 5.92 Å². The average Bonchev–Trinajstić information content (AvgIpc) is 2.30. The molecular weight excluding hydrogens is 236 g/mol. The van der Waals surface area contributed by atoms with Crippen LogP contribution in [0.15, 0.2) is 35.2 Å². The standard InChI is InChI=1S/C13H18O3S/c1-10(2)4-9-13(16-3)11-5-7-12(8-6-11)17(14)15/h5-10H,4H2,1-3H3,(H,14,15)/p-1/b13-9-. The zero-order valence-corrected chi connectivity index (χ0v) is 11.1. The van der Waals surface area contributed by atoms with Crippen LogP contribution in [0.2, 0.25) is 0 Å². The summed E-state index contributed by atoms with van der Waals surface area (Å²) in [7, 11) is 1.62. The Balaban J connectivity index is 2.89. The molecule has 0 N–H and O–H groups in total. The average molecular weight is 253 g/mol. The van der Waals surface area contributed by atoms with Gasteiger partial charge in [0.2, 0.25) is 0 Å². The fraction of sp³-hybridized carbons (Fsp3) is 0.385. The zero-order chi connectivity index (χ0) is 12.8. The quantitative estimate of drug-likeness (QED) is 0.598. The van der Waals surface area contributed by atoms with Gasteiger partial charge in [0, 0.05) is 10.5 Å². The van der Waals surface area contributed by atoms with Crippen molar-refractivity contribution in [3.05, 3.63) is 35.9 Å². The van der Waals surface area contributed by atoms with Crippen molar-refractivity contribution >= 4 is 16.8 Å². The van der Waals surface area contributed by atoms with E-state index in [0.29, 0.717) is 5.92 Å². The van der Waals surface area contributed by atoms with Crippen molar-refractivity contribution < 1.29 is 13.5 Å². The van der Waals surface area contributed by atoms with Crippen molar-refractivity contribution in [1.82, 2.24) is 0 Å². The monoisotopic (exact) mass is 253 g/mol. The van der Waals surface area contributed by atoms with E-state index >= 15 is 0 Å². The summed E-state index contributed by atoms with van der Waals surface area (Å²) in [5, 5.41) is 0.